The lowest BCUT2D eigenvalue weighted by Gasteiger charge is -2.44. The Kier molecular flexibility index (Phi) is 7.01. The number of nitrogens with zero attached hydrogens (tertiary/aromatic N) is 1. The molecule has 0 heterocycles. The maximum absolute atomic E-state index is 10.4. The molecule has 0 aliphatic carbocycles. The number of para-hydroxylation sites is 1. The van der Waals surface area contributed by atoms with E-state index in [1.165, 1.54) is 23.4 Å². The zero-order valence-electron chi connectivity index (χ0n) is 17.7. The van der Waals surface area contributed by atoms with Gasteiger partial charge in [0.05, 0.1) is 19.0 Å². The predicted molar refractivity (Wildman–Crippen MR) is 119 cm³/mol. The van der Waals surface area contributed by atoms with E-state index >= 15 is 0 Å². The van der Waals surface area contributed by atoms with E-state index in [9.17, 15) is 13.0 Å². The molecule has 3 aromatic carbocycles. The molecule has 0 aliphatic rings. The van der Waals surface area contributed by atoms with Gasteiger partial charge in [0.2, 0.25) is 0 Å². The predicted octanol–water partition coefficient (Wildman–Crippen LogP) is 5.09. The van der Waals surface area contributed by atoms with Crippen molar-refractivity contribution in [2.24, 2.45) is 0 Å². The molecule has 29 heavy (non-hydrogen) atoms. The molecule has 0 saturated carbocycles. The fourth-order valence-electron chi connectivity index (χ4n) is 3.00. The lowest BCUT2D eigenvalue weighted by molar-refractivity contribution is 0.198. The Morgan fingerprint density at radius 3 is 1.66 bits per heavy atom. The first-order chi connectivity index (χ1) is 13.5. The molecule has 0 bridgehead atoms. The first kappa shape index (κ1) is 22.8. The molecule has 0 N–H and O–H groups in total. The Bertz CT molecular complexity index is 961. The van der Waals surface area contributed by atoms with Crippen molar-refractivity contribution < 1.29 is 13.0 Å². The molecule has 0 saturated heterocycles. The van der Waals surface area contributed by atoms with Gasteiger partial charge in [-0.25, -0.2) is 8.42 Å². The van der Waals surface area contributed by atoms with Crippen LogP contribution in [-0.4, -0.2) is 27.1 Å². The van der Waals surface area contributed by atoms with Crippen LogP contribution in [0.2, 0.25) is 0 Å². The molecule has 0 aliphatic heterocycles. The van der Waals surface area contributed by atoms with E-state index in [2.05, 4.69) is 88.6 Å². The summed E-state index contributed by atoms with van der Waals surface area (Å²) in [5.74, 6) is 0. The lowest BCUT2D eigenvalue weighted by Crippen LogP contribution is -2.55. The van der Waals surface area contributed by atoms with Crippen LogP contribution in [0.1, 0.15) is 25.0 Å². The van der Waals surface area contributed by atoms with Gasteiger partial charge >= 0.3 is 0 Å². The molecule has 3 rings (SSSR count). The van der Waals surface area contributed by atoms with Gasteiger partial charge in [-0.15, -0.1) is 0 Å². The number of hydrogen-bond donors (Lipinski definition) is 0. The van der Waals surface area contributed by atoms with Crippen LogP contribution >= 0.6 is 0 Å². The van der Waals surface area contributed by atoms with Crippen molar-refractivity contribution in [2.75, 3.05) is 14.1 Å². The normalized spacial score (nSPS) is 12.1. The summed E-state index contributed by atoms with van der Waals surface area (Å²) in [4.78, 5) is -0.178. The van der Waals surface area contributed by atoms with Gasteiger partial charge < -0.3 is 4.55 Å². The summed E-state index contributed by atoms with van der Waals surface area (Å²) in [7, 11) is 0.263. The maximum Gasteiger partial charge on any atom is 0.133 e. The zero-order chi connectivity index (χ0) is 21.7. The van der Waals surface area contributed by atoms with Crippen molar-refractivity contribution >= 4 is 15.8 Å². The van der Waals surface area contributed by atoms with Crippen LogP contribution in [0, 0.1) is 6.92 Å². The second-order valence-corrected chi connectivity index (χ2v) is 9.36. The van der Waals surface area contributed by atoms with Crippen molar-refractivity contribution in [2.45, 2.75) is 31.2 Å². The standard InChI is InChI=1S/C17H22N.C7H8O3S/c1-17(2,15-11-7-5-8-12-15)18(3,4)16-13-9-6-10-14-16;1-6-2-4-7(5-3-6)11(8,9)10/h5-14H,1-4H3;2-5H,1H3,(H,8,9,10)/q+1;/p-1. The summed E-state index contributed by atoms with van der Waals surface area (Å²) in [5.41, 5.74) is 3.64. The minimum absolute atomic E-state index is 0.0304. The van der Waals surface area contributed by atoms with Crippen molar-refractivity contribution in [1.29, 1.82) is 0 Å². The molecule has 0 atom stereocenters. The summed E-state index contributed by atoms with van der Waals surface area (Å²) in [6, 6.07) is 27.2. The van der Waals surface area contributed by atoms with E-state index in [0.717, 1.165) is 10.0 Å². The van der Waals surface area contributed by atoms with Gasteiger partial charge in [-0.2, -0.15) is 0 Å². The summed E-state index contributed by atoms with van der Waals surface area (Å²) >= 11 is 0. The average molecular weight is 412 g/mol. The lowest BCUT2D eigenvalue weighted by atomic mass is 9.89. The van der Waals surface area contributed by atoms with Crippen molar-refractivity contribution in [3.8, 4) is 0 Å². The van der Waals surface area contributed by atoms with Gasteiger partial charge in [0.25, 0.3) is 0 Å². The van der Waals surface area contributed by atoms with Gasteiger partial charge in [-0.05, 0) is 45.0 Å². The molecule has 0 amide bonds. The van der Waals surface area contributed by atoms with Gasteiger partial charge in [0.15, 0.2) is 0 Å². The van der Waals surface area contributed by atoms with E-state index in [-0.39, 0.29) is 10.4 Å². The number of benzene rings is 3. The first-order valence-corrected chi connectivity index (χ1v) is 10.8. The Labute approximate surface area is 174 Å². The van der Waals surface area contributed by atoms with Crippen LogP contribution < -0.4 is 4.48 Å². The Balaban J connectivity index is 0.000000234. The van der Waals surface area contributed by atoms with Crippen LogP contribution in [0.5, 0.6) is 0 Å². The highest BCUT2D eigenvalue weighted by molar-refractivity contribution is 7.85. The fraction of sp³-hybridized carbons (Fsp3) is 0.250. The van der Waals surface area contributed by atoms with Crippen LogP contribution in [0.25, 0.3) is 0 Å². The van der Waals surface area contributed by atoms with E-state index in [4.69, 9.17) is 0 Å². The fourth-order valence-corrected chi connectivity index (χ4v) is 3.47. The van der Waals surface area contributed by atoms with Gasteiger partial charge in [0, 0.05) is 5.56 Å². The molecule has 5 heteroatoms. The monoisotopic (exact) mass is 411 g/mol. The van der Waals surface area contributed by atoms with E-state index in [1.807, 2.05) is 6.92 Å². The summed E-state index contributed by atoms with van der Waals surface area (Å²) < 4.78 is 32.0. The Hall–Kier alpha value is -2.47. The van der Waals surface area contributed by atoms with Gasteiger partial charge in [0.1, 0.15) is 21.3 Å². The molecule has 0 unspecified atom stereocenters. The highest BCUT2D eigenvalue weighted by Crippen LogP contribution is 2.36. The second kappa shape index (κ2) is 8.91. The molecule has 0 radical (unpaired) electrons. The van der Waals surface area contributed by atoms with Crippen LogP contribution in [0.3, 0.4) is 0 Å². The zero-order valence-corrected chi connectivity index (χ0v) is 18.5. The van der Waals surface area contributed by atoms with Crippen LogP contribution in [0.15, 0.2) is 89.8 Å². The molecule has 3 aromatic rings. The average Bonchev–Trinajstić information content (AvgIpc) is 2.69. The third kappa shape index (κ3) is 5.54. The van der Waals surface area contributed by atoms with E-state index in [0.29, 0.717) is 0 Å². The number of rotatable bonds is 4. The Morgan fingerprint density at radius 1 is 0.759 bits per heavy atom. The Morgan fingerprint density at radius 2 is 1.21 bits per heavy atom. The summed E-state index contributed by atoms with van der Waals surface area (Å²) in [6.45, 7) is 6.42. The molecular formula is C24H29NO3S. The summed E-state index contributed by atoms with van der Waals surface area (Å²) in [5, 5.41) is 0. The molecule has 0 aromatic heterocycles. The minimum atomic E-state index is -4.27. The highest BCUT2D eigenvalue weighted by Gasteiger charge is 2.39. The quantitative estimate of drug-likeness (QED) is 0.444. The third-order valence-electron chi connectivity index (χ3n) is 5.59. The number of hydrogen-bond acceptors (Lipinski definition) is 3. The maximum atomic E-state index is 10.4. The van der Waals surface area contributed by atoms with Crippen LogP contribution in [-0.2, 0) is 15.7 Å². The molecule has 4 nitrogen and oxygen atoms in total. The minimum Gasteiger partial charge on any atom is -0.744 e. The first-order valence-electron chi connectivity index (χ1n) is 9.44. The highest BCUT2D eigenvalue weighted by atomic mass is 32.2. The largest absolute Gasteiger partial charge is 0.744 e. The van der Waals surface area contributed by atoms with Gasteiger partial charge in [-0.3, -0.25) is 4.48 Å². The number of quaternary nitrogens is 1. The number of aryl methyl sites for hydroxylation is 1. The van der Waals surface area contributed by atoms with Crippen molar-refractivity contribution in [3.63, 3.8) is 0 Å². The van der Waals surface area contributed by atoms with E-state index in [1.54, 1.807) is 12.1 Å². The van der Waals surface area contributed by atoms with Gasteiger partial charge in [-0.1, -0.05) is 66.2 Å². The smallest absolute Gasteiger partial charge is 0.133 e. The van der Waals surface area contributed by atoms with E-state index < -0.39 is 10.1 Å². The molecular weight excluding hydrogens is 382 g/mol. The molecule has 0 fully saturated rings. The summed E-state index contributed by atoms with van der Waals surface area (Å²) in [6.07, 6.45) is 0. The molecule has 154 valence electrons. The third-order valence-corrected chi connectivity index (χ3v) is 6.44. The van der Waals surface area contributed by atoms with Crippen molar-refractivity contribution in [3.05, 3.63) is 96.1 Å². The van der Waals surface area contributed by atoms with Crippen LogP contribution in [0.4, 0.5) is 5.69 Å². The SMILES string of the molecule is CC(C)(c1ccccc1)[N+](C)(C)c1ccccc1.Cc1ccc(S(=O)(=O)[O-])cc1. The second-order valence-electron chi connectivity index (χ2n) is 7.98. The topological polar surface area (TPSA) is 57.2 Å². The molecule has 0 spiro atoms. The van der Waals surface area contributed by atoms with Crippen molar-refractivity contribution in [1.82, 2.24) is 4.48 Å².